The van der Waals surface area contributed by atoms with Gasteiger partial charge in [-0.2, -0.15) is 0 Å². The van der Waals surface area contributed by atoms with E-state index in [9.17, 15) is 0 Å². The molecule has 0 saturated carbocycles. The molecule has 4 heterocycles. The Hall–Kier alpha value is -3.06. The van der Waals surface area contributed by atoms with Gasteiger partial charge in [0.1, 0.15) is 16.6 Å². The Morgan fingerprint density at radius 1 is 1.03 bits per heavy atom. The Balaban J connectivity index is 1.46. The molecule has 4 aromatic heterocycles. The maximum atomic E-state index is 5.91. The first-order chi connectivity index (χ1) is 14.1. The summed E-state index contributed by atoms with van der Waals surface area (Å²) >= 11 is 1.61. The minimum atomic E-state index is 0.649. The maximum absolute atomic E-state index is 5.91. The first-order valence-electron chi connectivity index (χ1n) is 9.54. The van der Waals surface area contributed by atoms with E-state index in [2.05, 4.69) is 40.6 Å². The first-order valence-corrected chi connectivity index (χ1v) is 10.5. The van der Waals surface area contributed by atoms with E-state index in [1.54, 1.807) is 18.0 Å². The number of fused-ring (bicyclic) bond motifs is 3. The molecule has 0 N–H and O–H groups in total. The zero-order valence-electron chi connectivity index (χ0n) is 16.5. The number of benzene rings is 1. The van der Waals surface area contributed by atoms with Crippen molar-refractivity contribution in [2.24, 2.45) is 0 Å². The number of aromatic nitrogens is 4. The average molecular weight is 404 g/mol. The van der Waals surface area contributed by atoms with Gasteiger partial charge in [-0.3, -0.25) is 4.40 Å². The van der Waals surface area contributed by atoms with E-state index in [1.807, 2.05) is 31.2 Å². The van der Waals surface area contributed by atoms with Gasteiger partial charge in [0.05, 0.1) is 23.0 Å². The normalized spacial score (nSPS) is 11.7. The first kappa shape index (κ1) is 18.0. The molecule has 5 aromatic rings. The number of hydrogen-bond acceptors (Lipinski definition) is 6. The minimum absolute atomic E-state index is 0.649. The van der Waals surface area contributed by atoms with Gasteiger partial charge in [0, 0.05) is 29.9 Å². The smallest absolute Gasteiger partial charge is 0.226 e. The summed E-state index contributed by atoms with van der Waals surface area (Å²) in [5.41, 5.74) is 5.99. The van der Waals surface area contributed by atoms with Crippen LogP contribution in [-0.4, -0.2) is 19.6 Å². The van der Waals surface area contributed by atoms with Crippen molar-refractivity contribution in [1.82, 2.24) is 19.6 Å². The van der Waals surface area contributed by atoms with Crippen molar-refractivity contribution in [2.45, 2.75) is 38.0 Å². The van der Waals surface area contributed by atoms with E-state index in [4.69, 9.17) is 13.8 Å². The second-order valence-corrected chi connectivity index (χ2v) is 7.95. The molecule has 0 aliphatic heterocycles. The molecular weight excluding hydrogens is 384 g/mol. The number of nitrogens with zero attached hydrogens (tertiary/aromatic N) is 4. The average Bonchev–Trinajstić information content (AvgIpc) is 3.41. The van der Waals surface area contributed by atoms with Gasteiger partial charge >= 0.3 is 0 Å². The van der Waals surface area contributed by atoms with Crippen LogP contribution in [0.1, 0.15) is 29.8 Å². The summed E-state index contributed by atoms with van der Waals surface area (Å²) in [6, 6.07) is 12.2. The third kappa shape index (κ3) is 3.11. The van der Waals surface area contributed by atoms with Crippen molar-refractivity contribution in [2.75, 3.05) is 0 Å². The topological polar surface area (TPSA) is 69.4 Å². The Bertz CT molecular complexity index is 1310. The van der Waals surface area contributed by atoms with Crippen molar-refractivity contribution in [1.29, 1.82) is 0 Å². The van der Waals surface area contributed by atoms with Crippen molar-refractivity contribution >= 4 is 28.4 Å². The van der Waals surface area contributed by atoms with Crippen LogP contribution in [0.15, 0.2) is 56.5 Å². The Morgan fingerprint density at radius 3 is 2.66 bits per heavy atom. The fraction of sp³-hybridized carbons (Fsp3) is 0.227. The molecular formula is C22H20N4O2S. The van der Waals surface area contributed by atoms with E-state index < -0.39 is 0 Å². The summed E-state index contributed by atoms with van der Waals surface area (Å²) < 4.78 is 13.6. The van der Waals surface area contributed by atoms with Gasteiger partial charge in [-0.1, -0.05) is 36.4 Å². The van der Waals surface area contributed by atoms with Crippen LogP contribution in [0, 0.1) is 13.8 Å². The van der Waals surface area contributed by atoms with Crippen LogP contribution >= 0.6 is 11.8 Å². The van der Waals surface area contributed by atoms with Crippen LogP contribution in [0.2, 0.25) is 0 Å². The van der Waals surface area contributed by atoms with Gasteiger partial charge in [-0.25, -0.2) is 4.98 Å². The van der Waals surface area contributed by atoms with Gasteiger partial charge in [0.2, 0.25) is 5.89 Å². The lowest BCUT2D eigenvalue weighted by molar-refractivity contribution is 0.540. The van der Waals surface area contributed by atoms with Crippen LogP contribution in [0.3, 0.4) is 0 Å². The molecule has 0 radical (unpaired) electrons. The SMILES string of the molecule is CCc1nnc(SCc2nc(-c3ccc(C)cc3)oc2C)c2cc3occc3n12. The number of thioether (sulfide) groups is 1. The van der Waals surface area contributed by atoms with Crippen LogP contribution < -0.4 is 0 Å². The zero-order valence-corrected chi connectivity index (χ0v) is 17.3. The van der Waals surface area contributed by atoms with E-state index >= 15 is 0 Å². The zero-order chi connectivity index (χ0) is 20.0. The van der Waals surface area contributed by atoms with Crippen molar-refractivity contribution in [3.63, 3.8) is 0 Å². The predicted octanol–water partition coefficient (Wildman–Crippen LogP) is 5.60. The highest BCUT2D eigenvalue weighted by Gasteiger charge is 2.17. The number of oxazole rings is 1. The largest absolute Gasteiger partial charge is 0.463 e. The number of rotatable bonds is 5. The molecule has 6 nitrogen and oxygen atoms in total. The fourth-order valence-corrected chi connectivity index (χ4v) is 4.35. The third-order valence-corrected chi connectivity index (χ3v) is 5.99. The molecule has 0 unspecified atom stereocenters. The Morgan fingerprint density at radius 2 is 1.86 bits per heavy atom. The molecule has 0 saturated heterocycles. The molecule has 0 spiro atoms. The third-order valence-electron chi connectivity index (χ3n) is 5.01. The Labute approximate surface area is 172 Å². The molecule has 146 valence electrons. The lowest BCUT2D eigenvalue weighted by atomic mass is 10.1. The summed E-state index contributed by atoms with van der Waals surface area (Å²) in [5, 5.41) is 9.75. The molecule has 7 heteroatoms. The predicted molar refractivity (Wildman–Crippen MR) is 113 cm³/mol. The van der Waals surface area contributed by atoms with Crippen molar-refractivity contribution < 1.29 is 8.83 Å². The van der Waals surface area contributed by atoms with Gasteiger partial charge in [0.15, 0.2) is 5.58 Å². The second kappa shape index (κ2) is 7.08. The van der Waals surface area contributed by atoms with Crippen LogP contribution in [0.25, 0.3) is 28.1 Å². The molecule has 0 bridgehead atoms. The number of hydrogen-bond donors (Lipinski definition) is 0. The van der Waals surface area contributed by atoms with E-state index in [-0.39, 0.29) is 0 Å². The maximum Gasteiger partial charge on any atom is 0.226 e. The highest BCUT2D eigenvalue weighted by Crippen LogP contribution is 2.32. The fourth-order valence-electron chi connectivity index (χ4n) is 3.41. The molecule has 1 aromatic carbocycles. The van der Waals surface area contributed by atoms with Crippen LogP contribution in [-0.2, 0) is 12.2 Å². The summed E-state index contributed by atoms with van der Waals surface area (Å²) in [6.45, 7) is 6.09. The molecule has 0 fully saturated rings. The second-order valence-electron chi connectivity index (χ2n) is 6.99. The summed E-state index contributed by atoms with van der Waals surface area (Å²) in [5.74, 6) is 3.05. The van der Waals surface area contributed by atoms with Gasteiger partial charge in [-0.15, -0.1) is 10.2 Å². The van der Waals surface area contributed by atoms with Crippen molar-refractivity contribution in [3.05, 3.63) is 65.5 Å². The highest BCUT2D eigenvalue weighted by molar-refractivity contribution is 7.98. The summed E-state index contributed by atoms with van der Waals surface area (Å²) in [4.78, 5) is 4.71. The molecule has 0 aliphatic rings. The molecule has 29 heavy (non-hydrogen) atoms. The molecule has 0 amide bonds. The van der Waals surface area contributed by atoms with Crippen LogP contribution in [0.4, 0.5) is 0 Å². The quantitative estimate of drug-likeness (QED) is 0.355. The van der Waals surface area contributed by atoms with E-state index in [1.165, 1.54) is 5.56 Å². The lowest BCUT2D eigenvalue weighted by Crippen LogP contribution is -2.03. The monoisotopic (exact) mass is 404 g/mol. The highest BCUT2D eigenvalue weighted by atomic mass is 32.2. The number of furan rings is 1. The lowest BCUT2D eigenvalue weighted by Gasteiger charge is -2.06. The van der Waals surface area contributed by atoms with Crippen LogP contribution in [0.5, 0.6) is 0 Å². The van der Waals surface area contributed by atoms with E-state index in [0.29, 0.717) is 11.6 Å². The summed E-state index contributed by atoms with van der Waals surface area (Å²) in [7, 11) is 0. The van der Waals surface area contributed by atoms with E-state index in [0.717, 1.165) is 50.9 Å². The summed E-state index contributed by atoms with van der Waals surface area (Å²) in [6.07, 6.45) is 2.50. The van der Waals surface area contributed by atoms with Gasteiger partial charge in [0.25, 0.3) is 0 Å². The molecule has 5 rings (SSSR count). The standard InChI is InChI=1S/C22H20N4O2S/c1-4-20-24-25-22(18-11-19-17(26(18)20)9-10-27-19)29-12-16-14(3)28-21(23-16)15-7-5-13(2)6-8-15/h5-11H,4,12H2,1-3H3. The number of aryl methyl sites for hydroxylation is 3. The molecule has 0 atom stereocenters. The minimum Gasteiger partial charge on any atom is -0.463 e. The van der Waals surface area contributed by atoms with Crippen molar-refractivity contribution in [3.8, 4) is 11.5 Å². The van der Waals surface area contributed by atoms with Gasteiger partial charge in [-0.05, 0) is 26.0 Å². The molecule has 0 aliphatic carbocycles. The Kier molecular flexibility index (Phi) is 4.39. The van der Waals surface area contributed by atoms with Gasteiger partial charge < -0.3 is 8.83 Å².